The highest BCUT2D eigenvalue weighted by Crippen LogP contribution is 2.29. The Morgan fingerprint density at radius 1 is 1.29 bits per heavy atom. The molecule has 1 heterocycles. The van der Waals surface area contributed by atoms with Crippen LogP contribution in [0, 0.1) is 5.92 Å². The van der Waals surface area contributed by atoms with Crippen LogP contribution in [0.5, 0.6) is 0 Å². The van der Waals surface area contributed by atoms with Gasteiger partial charge in [0.2, 0.25) is 0 Å². The zero-order valence-corrected chi connectivity index (χ0v) is 13.2. The zero-order chi connectivity index (χ0) is 14.5. The van der Waals surface area contributed by atoms with Gasteiger partial charge in [-0.25, -0.2) is 0 Å². The Balaban J connectivity index is 1.49. The van der Waals surface area contributed by atoms with Crippen molar-refractivity contribution in [1.82, 2.24) is 10.6 Å². The van der Waals surface area contributed by atoms with Crippen molar-refractivity contribution >= 4 is 11.6 Å². The van der Waals surface area contributed by atoms with Crippen molar-refractivity contribution in [2.75, 3.05) is 26.3 Å². The van der Waals surface area contributed by atoms with E-state index in [2.05, 4.69) is 22.8 Å². The Hall–Kier alpha value is -0.610. The standard InChI is InChI=1S/C17H25ClN2O/c18-15-6-2-1-4-13(15)8-9-19-16-7-3-5-14(16)17-12-21-11-10-20-17/h1-2,4,6,14,16-17,19-20H,3,5,7-12H2. The SMILES string of the molecule is Clc1ccccc1CCNC1CCCC1C1COCCN1. The molecule has 3 rings (SSSR count). The third-order valence-corrected chi connectivity index (χ3v) is 5.16. The first kappa shape index (κ1) is 15.3. The molecule has 0 aromatic heterocycles. The molecule has 1 aliphatic carbocycles. The number of ether oxygens (including phenoxy) is 1. The molecule has 3 nitrogen and oxygen atoms in total. The molecule has 3 atom stereocenters. The molecular formula is C17H25ClN2O. The Morgan fingerprint density at radius 2 is 2.19 bits per heavy atom. The van der Waals surface area contributed by atoms with Crippen LogP contribution >= 0.6 is 11.6 Å². The summed E-state index contributed by atoms with van der Waals surface area (Å²) in [6.45, 7) is 3.72. The van der Waals surface area contributed by atoms with Gasteiger partial charge in [0.25, 0.3) is 0 Å². The topological polar surface area (TPSA) is 33.3 Å². The second-order valence-corrected chi connectivity index (χ2v) is 6.54. The summed E-state index contributed by atoms with van der Waals surface area (Å²) in [7, 11) is 0. The van der Waals surface area contributed by atoms with Crippen molar-refractivity contribution in [3.63, 3.8) is 0 Å². The average molecular weight is 309 g/mol. The van der Waals surface area contributed by atoms with Crippen LogP contribution in [-0.2, 0) is 11.2 Å². The Labute approximate surface area is 132 Å². The van der Waals surface area contributed by atoms with Crippen molar-refractivity contribution in [1.29, 1.82) is 0 Å². The molecule has 1 aromatic carbocycles. The largest absolute Gasteiger partial charge is 0.379 e. The predicted molar refractivity (Wildman–Crippen MR) is 86.9 cm³/mol. The monoisotopic (exact) mass is 308 g/mol. The first-order chi connectivity index (χ1) is 10.3. The summed E-state index contributed by atoms with van der Waals surface area (Å²) >= 11 is 6.22. The van der Waals surface area contributed by atoms with Crippen LogP contribution in [0.1, 0.15) is 24.8 Å². The Morgan fingerprint density at radius 3 is 3.00 bits per heavy atom. The number of rotatable bonds is 5. The summed E-state index contributed by atoms with van der Waals surface area (Å²) in [5, 5.41) is 8.25. The maximum Gasteiger partial charge on any atom is 0.0623 e. The molecular weight excluding hydrogens is 284 g/mol. The normalized spacial score (nSPS) is 29.7. The number of halogens is 1. The molecule has 1 aromatic rings. The lowest BCUT2D eigenvalue weighted by atomic mass is 9.94. The van der Waals surface area contributed by atoms with Gasteiger partial charge < -0.3 is 15.4 Å². The number of hydrogen-bond donors (Lipinski definition) is 2. The minimum Gasteiger partial charge on any atom is -0.379 e. The minimum atomic E-state index is 0.527. The van der Waals surface area contributed by atoms with Crippen LogP contribution in [-0.4, -0.2) is 38.4 Å². The highest BCUT2D eigenvalue weighted by atomic mass is 35.5. The summed E-state index contributed by atoms with van der Waals surface area (Å²) in [5.74, 6) is 0.705. The van der Waals surface area contributed by atoms with E-state index in [1.165, 1.54) is 24.8 Å². The van der Waals surface area contributed by atoms with E-state index in [4.69, 9.17) is 16.3 Å². The maximum absolute atomic E-state index is 6.22. The average Bonchev–Trinajstić information content (AvgIpc) is 2.99. The summed E-state index contributed by atoms with van der Waals surface area (Å²) in [5.41, 5.74) is 1.24. The third-order valence-electron chi connectivity index (χ3n) is 4.80. The molecule has 0 bridgehead atoms. The first-order valence-corrected chi connectivity index (χ1v) is 8.50. The molecule has 0 radical (unpaired) electrons. The molecule has 3 unspecified atom stereocenters. The molecule has 2 N–H and O–H groups in total. The second kappa shape index (κ2) is 7.59. The van der Waals surface area contributed by atoms with E-state index < -0.39 is 0 Å². The molecule has 1 aliphatic heterocycles. The van der Waals surface area contributed by atoms with E-state index >= 15 is 0 Å². The van der Waals surface area contributed by atoms with E-state index in [1.807, 2.05) is 12.1 Å². The van der Waals surface area contributed by atoms with E-state index in [-0.39, 0.29) is 0 Å². The lowest BCUT2D eigenvalue weighted by Gasteiger charge is -2.33. The van der Waals surface area contributed by atoms with Gasteiger partial charge in [-0.05, 0) is 43.4 Å². The van der Waals surface area contributed by atoms with Gasteiger partial charge in [-0.1, -0.05) is 36.2 Å². The highest BCUT2D eigenvalue weighted by molar-refractivity contribution is 6.31. The van der Waals surface area contributed by atoms with Crippen LogP contribution in [0.2, 0.25) is 5.02 Å². The summed E-state index contributed by atoms with van der Waals surface area (Å²) in [4.78, 5) is 0. The lowest BCUT2D eigenvalue weighted by molar-refractivity contribution is 0.0526. The van der Waals surface area contributed by atoms with Crippen LogP contribution in [0.25, 0.3) is 0 Å². The Kier molecular flexibility index (Phi) is 5.53. The van der Waals surface area contributed by atoms with Crippen molar-refractivity contribution in [2.24, 2.45) is 5.92 Å². The van der Waals surface area contributed by atoms with Crippen LogP contribution in [0.15, 0.2) is 24.3 Å². The van der Waals surface area contributed by atoms with Crippen LogP contribution < -0.4 is 10.6 Å². The van der Waals surface area contributed by atoms with Crippen LogP contribution in [0.3, 0.4) is 0 Å². The fourth-order valence-electron chi connectivity index (χ4n) is 3.68. The molecule has 2 aliphatic rings. The number of benzene rings is 1. The summed E-state index contributed by atoms with van der Waals surface area (Å²) in [6, 6.07) is 9.28. The molecule has 0 spiro atoms. The van der Waals surface area contributed by atoms with Gasteiger partial charge in [-0.2, -0.15) is 0 Å². The first-order valence-electron chi connectivity index (χ1n) is 8.12. The van der Waals surface area contributed by atoms with Gasteiger partial charge in [0.1, 0.15) is 0 Å². The van der Waals surface area contributed by atoms with Crippen LogP contribution in [0.4, 0.5) is 0 Å². The molecule has 116 valence electrons. The summed E-state index contributed by atoms with van der Waals surface area (Å²) in [6.07, 6.45) is 4.92. The molecule has 4 heteroatoms. The third kappa shape index (κ3) is 3.98. The molecule has 21 heavy (non-hydrogen) atoms. The number of hydrogen-bond acceptors (Lipinski definition) is 3. The fraction of sp³-hybridized carbons (Fsp3) is 0.647. The number of nitrogens with one attached hydrogen (secondary N) is 2. The molecule has 1 saturated heterocycles. The molecule has 2 fully saturated rings. The van der Waals surface area contributed by atoms with Gasteiger partial charge >= 0.3 is 0 Å². The summed E-state index contributed by atoms with van der Waals surface area (Å²) < 4.78 is 5.62. The van der Waals surface area contributed by atoms with Crippen molar-refractivity contribution in [3.8, 4) is 0 Å². The predicted octanol–water partition coefficient (Wildman–Crippen LogP) is 2.63. The zero-order valence-electron chi connectivity index (χ0n) is 12.5. The van der Waals surface area contributed by atoms with Gasteiger partial charge in [-0.15, -0.1) is 0 Å². The molecule has 0 amide bonds. The van der Waals surface area contributed by atoms with E-state index in [1.54, 1.807) is 0 Å². The minimum absolute atomic E-state index is 0.527. The van der Waals surface area contributed by atoms with Gasteiger partial charge in [0.15, 0.2) is 0 Å². The second-order valence-electron chi connectivity index (χ2n) is 6.13. The Bertz CT molecular complexity index is 448. The van der Waals surface area contributed by atoms with E-state index in [0.717, 1.165) is 37.7 Å². The van der Waals surface area contributed by atoms with Gasteiger partial charge in [-0.3, -0.25) is 0 Å². The highest BCUT2D eigenvalue weighted by Gasteiger charge is 2.34. The smallest absolute Gasteiger partial charge is 0.0623 e. The van der Waals surface area contributed by atoms with Crippen molar-refractivity contribution < 1.29 is 4.74 Å². The fourth-order valence-corrected chi connectivity index (χ4v) is 3.91. The molecule has 1 saturated carbocycles. The lowest BCUT2D eigenvalue weighted by Crippen LogP contribution is -2.51. The van der Waals surface area contributed by atoms with E-state index in [9.17, 15) is 0 Å². The van der Waals surface area contributed by atoms with Crippen molar-refractivity contribution in [2.45, 2.75) is 37.8 Å². The van der Waals surface area contributed by atoms with Gasteiger partial charge in [0, 0.05) is 23.7 Å². The number of morpholine rings is 1. The maximum atomic E-state index is 6.22. The van der Waals surface area contributed by atoms with Crippen molar-refractivity contribution in [3.05, 3.63) is 34.9 Å². The quantitative estimate of drug-likeness (QED) is 0.877. The van der Waals surface area contributed by atoms with E-state index in [0.29, 0.717) is 18.0 Å². The van der Waals surface area contributed by atoms with Gasteiger partial charge in [0.05, 0.1) is 13.2 Å².